The van der Waals surface area contributed by atoms with Gasteiger partial charge in [-0.1, -0.05) is 13.8 Å². The van der Waals surface area contributed by atoms with Gasteiger partial charge in [-0.25, -0.2) is 9.97 Å². The van der Waals surface area contributed by atoms with Gasteiger partial charge in [-0.05, 0) is 36.8 Å². The lowest BCUT2D eigenvalue weighted by atomic mass is 10.2. The summed E-state index contributed by atoms with van der Waals surface area (Å²) in [6.07, 6.45) is 2.78. The Morgan fingerprint density at radius 1 is 1.09 bits per heavy atom. The zero-order chi connectivity index (χ0) is 22.7. The summed E-state index contributed by atoms with van der Waals surface area (Å²) < 4.78 is 17.4. The van der Waals surface area contributed by atoms with Crippen molar-refractivity contribution in [3.63, 3.8) is 0 Å². The van der Waals surface area contributed by atoms with E-state index in [0.29, 0.717) is 40.6 Å². The highest BCUT2D eigenvalue weighted by molar-refractivity contribution is 5.88. The van der Waals surface area contributed by atoms with Crippen LogP contribution in [0.4, 0.5) is 0 Å². The fourth-order valence-corrected chi connectivity index (χ4v) is 3.43. The standard InChI is InChI=1S/C24H28N4O4/c1-14(2)25-11-16(29)12-31-23-9-21-19(8-22(23)30-4)24(28-13-27-21)32-17-5-6-20-18(7-17)15(3)10-26-20/h5-10,13-14,16,25-26,29H,11-12H2,1-4H3/t16-/m1/s1. The zero-order valence-corrected chi connectivity index (χ0v) is 18.7. The molecule has 0 saturated heterocycles. The first-order chi connectivity index (χ1) is 15.4. The molecule has 0 aliphatic heterocycles. The number of rotatable bonds is 9. The minimum Gasteiger partial charge on any atom is -0.493 e. The van der Waals surface area contributed by atoms with E-state index in [1.165, 1.54) is 6.33 Å². The van der Waals surface area contributed by atoms with Crippen LogP contribution >= 0.6 is 0 Å². The van der Waals surface area contributed by atoms with Crippen molar-refractivity contribution in [3.8, 4) is 23.1 Å². The van der Waals surface area contributed by atoms with E-state index in [0.717, 1.165) is 16.5 Å². The largest absolute Gasteiger partial charge is 0.493 e. The van der Waals surface area contributed by atoms with Crippen molar-refractivity contribution >= 4 is 21.8 Å². The fraction of sp³-hybridized carbons (Fsp3) is 0.333. The SMILES string of the molecule is COc1cc2c(Oc3ccc4[nH]cc(C)c4c3)ncnc2cc1OC[C@H](O)CNC(C)C. The highest BCUT2D eigenvalue weighted by atomic mass is 16.5. The average molecular weight is 437 g/mol. The van der Waals surface area contributed by atoms with Crippen LogP contribution in [0.1, 0.15) is 19.4 Å². The summed E-state index contributed by atoms with van der Waals surface area (Å²) in [4.78, 5) is 11.9. The van der Waals surface area contributed by atoms with E-state index < -0.39 is 6.10 Å². The molecular formula is C24H28N4O4. The summed E-state index contributed by atoms with van der Waals surface area (Å²) in [6.45, 7) is 6.67. The highest BCUT2D eigenvalue weighted by Gasteiger charge is 2.15. The lowest BCUT2D eigenvalue weighted by Crippen LogP contribution is -2.35. The summed E-state index contributed by atoms with van der Waals surface area (Å²) in [7, 11) is 1.57. The number of aliphatic hydroxyl groups is 1. The number of fused-ring (bicyclic) bond motifs is 2. The molecule has 1 atom stereocenters. The maximum absolute atomic E-state index is 10.1. The van der Waals surface area contributed by atoms with Gasteiger partial charge in [0.25, 0.3) is 0 Å². The van der Waals surface area contributed by atoms with Crippen molar-refractivity contribution in [3.05, 3.63) is 48.4 Å². The number of aliphatic hydroxyl groups excluding tert-OH is 1. The van der Waals surface area contributed by atoms with Crippen LogP contribution in [0.5, 0.6) is 23.1 Å². The molecule has 0 amide bonds. The first kappa shape index (κ1) is 21.9. The monoisotopic (exact) mass is 436 g/mol. The van der Waals surface area contributed by atoms with E-state index in [4.69, 9.17) is 14.2 Å². The maximum Gasteiger partial charge on any atom is 0.230 e. The predicted octanol–water partition coefficient (Wildman–Crippen LogP) is 3.96. The first-order valence-corrected chi connectivity index (χ1v) is 10.6. The Morgan fingerprint density at radius 3 is 2.72 bits per heavy atom. The van der Waals surface area contributed by atoms with Gasteiger partial charge < -0.3 is 29.6 Å². The Hall–Kier alpha value is -3.36. The molecule has 8 nitrogen and oxygen atoms in total. The second kappa shape index (κ2) is 9.42. The van der Waals surface area contributed by atoms with Gasteiger partial charge >= 0.3 is 0 Å². The van der Waals surface area contributed by atoms with E-state index in [9.17, 15) is 5.11 Å². The Morgan fingerprint density at radius 2 is 1.94 bits per heavy atom. The third kappa shape index (κ3) is 4.76. The van der Waals surface area contributed by atoms with Crippen LogP contribution < -0.4 is 19.5 Å². The molecule has 0 bridgehead atoms. The normalized spacial score (nSPS) is 12.4. The van der Waals surface area contributed by atoms with Crippen LogP contribution in [0.15, 0.2) is 42.9 Å². The third-order valence-corrected chi connectivity index (χ3v) is 5.15. The Kier molecular flexibility index (Phi) is 6.43. The number of aryl methyl sites for hydroxylation is 1. The lowest BCUT2D eigenvalue weighted by Gasteiger charge is -2.17. The summed E-state index contributed by atoms with van der Waals surface area (Å²) in [6, 6.07) is 9.71. The molecule has 168 valence electrons. The quantitative estimate of drug-likeness (QED) is 0.365. The molecular weight excluding hydrogens is 408 g/mol. The van der Waals surface area contributed by atoms with Gasteiger partial charge in [-0.2, -0.15) is 0 Å². The molecule has 4 rings (SSSR count). The molecule has 0 radical (unpaired) electrons. The average Bonchev–Trinajstić information content (AvgIpc) is 3.16. The van der Waals surface area contributed by atoms with Gasteiger partial charge in [-0.3, -0.25) is 0 Å². The van der Waals surface area contributed by atoms with Crippen LogP contribution in [0, 0.1) is 6.92 Å². The summed E-state index contributed by atoms with van der Waals surface area (Å²) >= 11 is 0. The molecule has 0 spiro atoms. The van der Waals surface area contributed by atoms with E-state index in [2.05, 4.69) is 20.3 Å². The molecule has 0 fully saturated rings. The molecule has 0 aliphatic carbocycles. The predicted molar refractivity (Wildman–Crippen MR) is 124 cm³/mol. The number of nitrogens with zero attached hydrogens (tertiary/aromatic N) is 2. The Labute approximate surface area is 186 Å². The van der Waals surface area contributed by atoms with Gasteiger partial charge in [0.05, 0.1) is 18.0 Å². The summed E-state index contributed by atoms with van der Waals surface area (Å²) in [5, 5.41) is 15.1. The van der Waals surface area contributed by atoms with E-state index >= 15 is 0 Å². The number of benzene rings is 2. The van der Waals surface area contributed by atoms with Gasteiger partial charge in [0.1, 0.15) is 24.8 Å². The zero-order valence-electron chi connectivity index (χ0n) is 18.7. The van der Waals surface area contributed by atoms with Crippen molar-refractivity contribution in [1.29, 1.82) is 0 Å². The molecule has 2 aromatic heterocycles. The van der Waals surface area contributed by atoms with Crippen molar-refractivity contribution in [2.45, 2.75) is 32.9 Å². The minimum atomic E-state index is -0.645. The second-order valence-electron chi connectivity index (χ2n) is 8.01. The summed E-state index contributed by atoms with van der Waals surface area (Å²) in [5.41, 5.74) is 2.85. The molecule has 0 unspecified atom stereocenters. The fourth-order valence-electron chi connectivity index (χ4n) is 3.43. The molecule has 3 N–H and O–H groups in total. The number of H-pyrrole nitrogens is 1. The van der Waals surface area contributed by atoms with E-state index in [1.807, 2.05) is 45.2 Å². The molecule has 2 aromatic carbocycles. The van der Waals surface area contributed by atoms with Crippen LogP contribution in [-0.2, 0) is 0 Å². The smallest absolute Gasteiger partial charge is 0.230 e. The highest BCUT2D eigenvalue weighted by Crippen LogP contribution is 2.36. The number of methoxy groups -OCH3 is 1. The van der Waals surface area contributed by atoms with Gasteiger partial charge in [-0.15, -0.1) is 0 Å². The number of hydrogen-bond donors (Lipinski definition) is 3. The number of hydrogen-bond acceptors (Lipinski definition) is 7. The Balaban J connectivity index is 1.58. The third-order valence-electron chi connectivity index (χ3n) is 5.15. The van der Waals surface area contributed by atoms with Gasteiger partial charge in [0, 0.05) is 35.8 Å². The molecule has 0 aliphatic rings. The molecule has 8 heteroatoms. The van der Waals surface area contributed by atoms with Gasteiger partial charge in [0.15, 0.2) is 11.5 Å². The molecule has 4 aromatic rings. The molecule has 0 saturated carbocycles. The maximum atomic E-state index is 10.1. The lowest BCUT2D eigenvalue weighted by molar-refractivity contribution is 0.103. The van der Waals surface area contributed by atoms with Gasteiger partial charge in [0.2, 0.25) is 5.88 Å². The number of ether oxygens (including phenoxy) is 3. The van der Waals surface area contributed by atoms with Crippen molar-refractivity contribution in [2.24, 2.45) is 0 Å². The number of aromatic amines is 1. The topological polar surface area (TPSA) is 102 Å². The first-order valence-electron chi connectivity index (χ1n) is 10.6. The van der Waals surface area contributed by atoms with E-state index in [1.54, 1.807) is 19.2 Å². The minimum absolute atomic E-state index is 0.131. The van der Waals surface area contributed by atoms with Crippen LogP contribution in [0.3, 0.4) is 0 Å². The second-order valence-corrected chi connectivity index (χ2v) is 8.01. The van der Waals surface area contributed by atoms with Crippen LogP contribution in [-0.4, -0.2) is 52.5 Å². The number of nitrogens with one attached hydrogen (secondary N) is 2. The van der Waals surface area contributed by atoms with Crippen molar-refractivity contribution in [1.82, 2.24) is 20.3 Å². The van der Waals surface area contributed by atoms with Crippen LogP contribution in [0.2, 0.25) is 0 Å². The van der Waals surface area contributed by atoms with Crippen molar-refractivity contribution < 1.29 is 19.3 Å². The number of aromatic nitrogens is 3. The van der Waals surface area contributed by atoms with Crippen LogP contribution in [0.25, 0.3) is 21.8 Å². The molecule has 2 heterocycles. The molecule has 32 heavy (non-hydrogen) atoms. The van der Waals surface area contributed by atoms with E-state index in [-0.39, 0.29) is 12.6 Å². The Bertz CT molecular complexity index is 1220. The summed E-state index contributed by atoms with van der Waals surface area (Å²) in [5.74, 6) is 2.12. The van der Waals surface area contributed by atoms with Crippen molar-refractivity contribution in [2.75, 3.05) is 20.3 Å².